The monoisotopic (exact) mass is 478 g/mol. The molecule has 0 radical (unpaired) electrons. The van der Waals surface area contributed by atoms with Crippen LogP contribution in [0.15, 0.2) is 66.0 Å². The number of halogens is 1. The van der Waals surface area contributed by atoms with Crippen molar-refractivity contribution in [2.24, 2.45) is 5.92 Å². The fraction of sp³-hybridized carbons (Fsp3) is 0.357. The lowest BCUT2D eigenvalue weighted by Gasteiger charge is -2.32. The average Bonchev–Trinajstić information content (AvgIpc) is 3.41. The van der Waals surface area contributed by atoms with E-state index >= 15 is 0 Å². The van der Waals surface area contributed by atoms with E-state index in [1.165, 1.54) is 42.7 Å². The van der Waals surface area contributed by atoms with Crippen LogP contribution in [-0.4, -0.2) is 29.8 Å². The largest absolute Gasteiger partial charge is 0.344 e. The summed E-state index contributed by atoms with van der Waals surface area (Å²) < 4.78 is 13.2. The highest BCUT2D eigenvalue weighted by Gasteiger charge is 2.29. The molecule has 1 aliphatic heterocycles. The van der Waals surface area contributed by atoms with Crippen molar-refractivity contribution >= 4 is 23.2 Å². The van der Waals surface area contributed by atoms with Crippen LogP contribution in [0.3, 0.4) is 0 Å². The SMILES string of the molecule is CCCCc1ccc(C(NC(=O)C2CCN(C(=O)c3ccc(F)cc3)CC2)c2cccs2)cc1. The number of thiophene rings is 1. The maximum atomic E-state index is 13.2. The Bertz CT molecular complexity index is 1070. The third-order valence-corrected chi connectivity index (χ3v) is 7.43. The molecule has 0 bridgehead atoms. The number of carbonyl (C=O) groups excluding carboxylic acids is 2. The Morgan fingerprint density at radius 3 is 2.38 bits per heavy atom. The molecule has 2 heterocycles. The van der Waals surface area contributed by atoms with Gasteiger partial charge in [-0.1, -0.05) is 43.7 Å². The third-order valence-electron chi connectivity index (χ3n) is 6.49. The summed E-state index contributed by atoms with van der Waals surface area (Å²) in [5, 5.41) is 5.31. The number of amides is 2. The molecule has 4 nitrogen and oxygen atoms in total. The van der Waals surface area contributed by atoms with Gasteiger partial charge >= 0.3 is 0 Å². The minimum absolute atomic E-state index is 0.0299. The fourth-order valence-electron chi connectivity index (χ4n) is 4.41. The number of rotatable bonds is 8. The lowest BCUT2D eigenvalue weighted by Crippen LogP contribution is -2.43. The number of nitrogens with one attached hydrogen (secondary N) is 1. The number of unbranched alkanes of at least 4 members (excludes halogenated alkanes) is 1. The average molecular weight is 479 g/mol. The van der Waals surface area contributed by atoms with E-state index in [0.717, 1.165) is 16.9 Å². The van der Waals surface area contributed by atoms with E-state index in [4.69, 9.17) is 0 Å². The van der Waals surface area contributed by atoms with Crippen molar-refractivity contribution in [2.75, 3.05) is 13.1 Å². The van der Waals surface area contributed by atoms with E-state index in [1.54, 1.807) is 16.2 Å². The smallest absolute Gasteiger partial charge is 0.253 e. The van der Waals surface area contributed by atoms with Crippen molar-refractivity contribution < 1.29 is 14.0 Å². The first-order valence-corrected chi connectivity index (χ1v) is 12.9. The number of benzene rings is 2. The standard InChI is InChI=1S/C28H31FN2O2S/c1-2-3-5-20-7-9-21(10-8-20)26(25-6-4-19-34-25)30-27(32)22-15-17-31(18-16-22)28(33)23-11-13-24(29)14-12-23/h4,6-14,19,22,26H,2-3,5,15-18H2,1H3,(H,30,32). The second kappa shape index (κ2) is 11.4. The van der Waals surface area contributed by atoms with Crippen molar-refractivity contribution in [1.29, 1.82) is 0 Å². The van der Waals surface area contributed by atoms with Gasteiger partial charge in [0.05, 0.1) is 6.04 Å². The molecule has 2 amide bonds. The molecule has 1 unspecified atom stereocenters. The van der Waals surface area contributed by atoms with E-state index in [2.05, 4.69) is 42.6 Å². The van der Waals surface area contributed by atoms with E-state index in [9.17, 15) is 14.0 Å². The minimum Gasteiger partial charge on any atom is -0.344 e. The lowest BCUT2D eigenvalue weighted by molar-refractivity contribution is -0.126. The first-order chi connectivity index (χ1) is 16.5. The van der Waals surface area contributed by atoms with Crippen LogP contribution in [0.4, 0.5) is 4.39 Å². The molecule has 1 saturated heterocycles. The predicted molar refractivity (Wildman–Crippen MR) is 134 cm³/mol. The number of aryl methyl sites for hydroxylation is 1. The van der Waals surface area contributed by atoms with E-state index < -0.39 is 0 Å². The molecule has 0 aliphatic carbocycles. The van der Waals surface area contributed by atoms with Crippen LogP contribution in [0.5, 0.6) is 0 Å². The van der Waals surface area contributed by atoms with Gasteiger partial charge in [0.15, 0.2) is 0 Å². The molecule has 1 aliphatic rings. The van der Waals surface area contributed by atoms with Gasteiger partial charge in [0.2, 0.25) is 5.91 Å². The van der Waals surface area contributed by atoms with E-state index in [-0.39, 0.29) is 29.6 Å². The zero-order chi connectivity index (χ0) is 23.9. The number of nitrogens with zero attached hydrogens (tertiary/aromatic N) is 1. The van der Waals surface area contributed by atoms with Crippen LogP contribution >= 0.6 is 11.3 Å². The number of carbonyl (C=O) groups is 2. The molecule has 1 fully saturated rings. The van der Waals surface area contributed by atoms with Crippen molar-refractivity contribution in [3.05, 3.63) is 93.4 Å². The summed E-state index contributed by atoms with van der Waals surface area (Å²) in [4.78, 5) is 28.8. The van der Waals surface area contributed by atoms with E-state index in [1.807, 2.05) is 11.4 Å². The second-order valence-electron chi connectivity index (χ2n) is 8.88. The third kappa shape index (κ3) is 5.92. The second-order valence-corrected chi connectivity index (χ2v) is 9.85. The Morgan fingerprint density at radius 2 is 1.76 bits per heavy atom. The Labute approximate surface area is 204 Å². The summed E-state index contributed by atoms with van der Waals surface area (Å²) in [6.07, 6.45) is 4.65. The first kappa shape index (κ1) is 24.1. The first-order valence-electron chi connectivity index (χ1n) is 12.0. The van der Waals surface area contributed by atoms with Crippen LogP contribution < -0.4 is 5.32 Å². The van der Waals surface area contributed by atoms with Crippen molar-refractivity contribution in [3.63, 3.8) is 0 Å². The highest BCUT2D eigenvalue weighted by atomic mass is 32.1. The quantitative estimate of drug-likeness (QED) is 0.432. The van der Waals surface area contributed by atoms with Crippen LogP contribution in [0, 0.1) is 11.7 Å². The van der Waals surface area contributed by atoms with Crippen LogP contribution in [-0.2, 0) is 11.2 Å². The predicted octanol–water partition coefficient (Wildman–Crippen LogP) is 5.99. The molecule has 34 heavy (non-hydrogen) atoms. The highest BCUT2D eigenvalue weighted by Crippen LogP contribution is 2.28. The summed E-state index contributed by atoms with van der Waals surface area (Å²) in [6, 6.07) is 18.1. The maximum absolute atomic E-state index is 13.2. The summed E-state index contributed by atoms with van der Waals surface area (Å²) in [7, 11) is 0. The van der Waals surface area contributed by atoms with Gasteiger partial charge in [0, 0.05) is 29.4 Å². The van der Waals surface area contributed by atoms with Gasteiger partial charge < -0.3 is 10.2 Å². The van der Waals surface area contributed by atoms with Gasteiger partial charge in [0.25, 0.3) is 5.91 Å². The number of piperidine rings is 1. The summed E-state index contributed by atoms with van der Waals surface area (Å²) in [5.41, 5.74) is 2.88. The molecule has 178 valence electrons. The topological polar surface area (TPSA) is 49.4 Å². The van der Waals surface area contributed by atoms with Gasteiger partial charge in [-0.15, -0.1) is 11.3 Å². The lowest BCUT2D eigenvalue weighted by atomic mass is 9.94. The minimum atomic E-state index is -0.358. The summed E-state index contributed by atoms with van der Waals surface area (Å²) >= 11 is 1.64. The molecule has 1 aromatic heterocycles. The summed E-state index contributed by atoms with van der Waals surface area (Å²) in [6.45, 7) is 3.23. The zero-order valence-corrected chi connectivity index (χ0v) is 20.3. The van der Waals surface area contributed by atoms with Crippen molar-refractivity contribution in [3.8, 4) is 0 Å². The van der Waals surface area contributed by atoms with Crippen LogP contribution in [0.2, 0.25) is 0 Å². The molecule has 0 spiro atoms. The van der Waals surface area contributed by atoms with Crippen LogP contribution in [0.25, 0.3) is 0 Å². The van der Waals surface area contributed by atoms with Gasteiger partial charge in [0.1, 0.15) is 5.82 Å². The Hall–Kier alpha value is -2.99. The maximum Gasteiger partial charge on any atom is 0.253 e. The van der Waals surface area contributed by atoms with Gasteiger partial charge in [-0.05, 0) is 72.5 Å². The molecule has 0 saturated carbocycles. The summed E-state index contributed by atoms with van der Waals surface area (Å²) in [5.74, 6) is -0.577. The molecule has 1 atom stereocenters. The molecule has 3 aromatic rings. The Morgan fingerprint density at radius 1 is 1.06 bits per heavy atom. The van der Waals surface area contributed by atoms with E-state index in [0.29, 0.717) is 31.5 Å². The van der Waals surface area contributed by atoms with Gasteiger partial charge in [-0.2, -0.15) is 0 Å². The molecule has 4 rings (SSSR count). The highest BCUT2D eigenvalue weighted by molar-refractivity contribution is 7.10. The number of hydrogen-bond acceptors (Lipinski definition) is 3. The van der Waals surface area contributed by atoms with Crippen molar-refractivity contribution in [2.45, 2.75) is 45.1 Å². The number of hydrogen-bond donors (Lipinski definition) is 1. The molecule has 2 aromatic carbocycles. The fourth-order valence-corrected chi connectivity index (χ4v) is 5.21. The van der Waals surface area contributed by atoms with Crippen molar-refractivity contribution in [1.82, 2.24) is 10.2 Å². The molecule has 6 heteroatoms. The molecule has 1 N–H and O–H groups in total. The Kier molecular flexibility index (Phi) is 8.12. The van der Waals surface area contributed by atoms with Crippen LogP contribution in [0.1, 0.15) is 65.0 Å². The number of likely N-dealkylation sites (tertiary alicyclic amines) is 1. The molecular weight excluding hydrogens is 447 g/mol. The normalized spacial score (nSPS) is 15.2. The van der Waals surface area contributed by atoms with Gasteiger partial charge in [-0.3, -0.25) is 9.59 Å². The molecular formula is C28H31FN2O2S. The Balaban J connectivity index is 1.38. The zero-order valence-electron chi connectivity index (χ0n) is 19.5. The van der Waals surface area contributed by atoms with Gasteiger partial charge in [-0.25, -0.2) is 4.39 Å².